The number of sulfone groups is 1. The van der Waals surface area contributed by atoms with Gasteiger partial charge in [-0.3, -0.25) is 9.48 Å². The summed E-state index contributed by atoms with van der Waals surface area (Å²) in [5, 5.41) is 6.73. The van der Waals surface area contributed by atoms with Gasteiger partial charge in [0, 0.05) is 6.26 Å². The average Bonchev–Trinajstić information content (AvgIpc) is 3.13. The highest BCUT2D eigenvalue weighted by Gasteiger charge is 2.26. The van der Waals surface area contributed by atoms with Gasteiger partial charge >= 0.3 is 0 Å². The Balaban J connectivity index is 1.85. The van der Waals surface area contributed by atoms with Crippen LogP contribution < -0.4 is 5.32 Å². The molecule has 0 fully saturated rings. The molecule has 0 spiro atoms. The molecule has 0 bridgehead atoms. The van der Waals surface area contributed by atoms with Gasteiger partial charge < -0.3 is 5.32 Å². The lowest BCUT2D eigenvalue weighted by Crippen LogP contribution is -2.25. The molecule has 1 atom stereocenters. The van der Waals surface area contributed by atoms with E-state index < -0.39 is 33.9 Å². The number of nitrogens with one attached hydrogen (secondary N) is 1. The van der Waals surface area contributed by atoms with Crippen LogP contribution in [0.2, 0.25) is 0 Å². The van der Waals surface area contributed by atoms with Crippen molar-refractivity contribution in [3.63, 3.8) is 0 Å². The largest absolute Gasteiger partial charge is 0.300 e. The molecule has 12 heteroatoms. The minimum absolute atomic E-state index is 0.159. The first-order chi connectivity index (χ1) is 13.0. The van der Waals surface area contributed by atoms with Crippen molar-refractivity contribution in [2.24, 2.45) is 0 Å². The van der Waals surface area contributed by atoms with Crippen molar-refractivity contribution in [2.45, 2.75) is 31.2 Å². The fraction of sp³-hybridized carbons (Fsp3) is 0.312. The number of alkyl halides is 2. The summed E-state index contributed by atoms with van der Waals surface area (Å²) in [6, 6.07) is 3.64. The van der Waals surface area contributed by atoms with Gasteiger partial charge in [-0.05, 0) is 48.0 Å². The van der Waals surface area contributed by atoms with Crippen molar-refractivity contribution >= 4 is 58.4 Å². The summed E-state index contributed by atoms with van der Waals surface area (Å²) < 4.78 is 51.3. The average molecular weight is 493 g/mol. The summed E-state index contributed by atoms with van der Waals surface area (Å²) in [5.41, 5.74) is 0.517. The molecule has 1 amide bonds. The molecule has 1 N–H and O–H groups in total. The number of thiazole rings is 1. The van der Waals surface area contributed by atoms with Crippen LogP contribution in [0.1, 0.15) is 30.8 Å². The summed E-state index contributed by atoms with van der Waals surface area (Å²) >= 11 is 4.20. The molecule has 0 saturated heterocycles. The zero-order chi connectivity index (χ0) is 20.8. The van der Waals surface area contributed by atoms with Crippen LogP contribution in [-0.4, -0.2) is 35.3 Å². The van der Waals surface area contributed by atoms with Crippen LogP contribution in [0.3, 0.4) is 0 Å². The molecule has 2 heterocycles. The molecule has 3 rings (SSSR count). The highest BCUT2D eigenvalue weighted by Crippen LogP contribution is 2.32. The lowest BCUT2D eigenvalue weighted by Gasteiger charge is -2.13. The topological polar surface area (TPSA) is 93.9 Å². The molecule has 0 radical (unpaired) electrons. The molecular formula is C16H15BrF2N4O3S2. The Morgan fingerprint density at radius 2 is 2.04 bits per heavy atom. The molecule has 0 aliphatic carbocycles. The van der Waals surface area contributed by atoms with E-state index in [1.807, 2.05) is 0 Å². The van der Waals surface area contributed by atoms with E-state index >= 15 is 0 Å². The molecule has 2 aromatic heterocycles. The van der Waals surface area contributed by atoms with E-state index in [1.54, 1.807) is 13.0 Å². The zero-order valence-corrected chi connectivity index (χ0v) is 18.1. The highest BCUT2D eigenvalue weighted by molar-refractivity contribution is 9.10. The van der Waals surface area contributed by atoms with Crippen LogP contribution in [-0.2, 0) is 14.6 Å². The number of carbonyl (C=O) groups excluding carboxylic acids is 1. The predicted molar refractivity (Wildman–Crippen MR) is 106 cm³/mol. The summed E-state index contributed by atoms with van der Waals surface area (Å²) in [6.45, 7) is 3.11. The third-order valence-electron chi connectivity index (χ3n) is 4.07. The number of hydrogen-bond donors (Lipinski definition) is 1. The van der Waals surface area contributed by atoms with E-state index in [2.05, 4.69) is 31.3 Å². The smallest absolute Gasteiger partial charge is 0.283 e. The van der Waals surface area contributed by atoms with Gasteiger partial charge in [0.2, 0.25) is 0 Å². The van der Waals surface area contributed by atoms with E-state index in [0.717, 1.165) is 17.6 Å². The Bertz CT molecular complexity index is 1170. The maximum Gasteiger partial charge on any atom is 0.283 e. The van der Waals surface area contributed by atoms with E-state index in [9.17, 15) is 22.0 Å². The van der Waals surface area contributed by atoms with Gasteiger partial charge in [0.1, 0.15) is 11.7 Å². The minimum atomic E-state index is -3.36. The fourth-order valence-corrected chi connectivity index (χ4v) is 4.61. The van der Waals surface area contributed by atoms with Crippen molar-refractivity contribution in [3.8, 4) is 0 Å². The van der Waals surface area contributed by atoms with E-state index in [1.165, 1.54) is 23.7 Å². The van der Waals surface area contributed by atoms with Crippen LogP contribution >= 0.6 is 27.3 Å². The van der Waals surface area contributed by atoms with Gasteiger partial charge in [0.05, 0.1) is 25.3 Å². The normalized spacial score (nSPS) is 13.2. The van der Waals surface area contributed by atoms with Crippen LogP contribution in [0.5, 0.6) is 0 Å². The number of carbonyl (C=O) groups is 1. The number of fused-ring (bicyclic) bond motifs is 1. The minimum Gasteiger partial charge on any atom is -0.300 e. The second-order valence-corrected chi connectivity index (χ2v) is 9.96. The number of anilines is 1. The lowest BCUT2D eigenvalue weighted by atomic mass is 10.3. The van der Waals surface area contributed by atoms with Crippen molar-refractivity contribution in [3.05, 3.63) is 34.1 Å². The van der Waals surface area contributed by atoms with Crippen molar-refractivity contribution in [1.29, 1.82) is 0 Å². The monoisotopic (exact) mass is 492 g/mol. The number of hydrogen-bond acceptors (Lipinski definition) is 6. The second kappa shape index (κ2) is 7.48. The predicted octanol–water partition coefficient (Wildman–Crippen LogP) is 4.10. The Hall–Kier alpha value is -1.92. The number of halogens is 3. The summed E-state index contributed by atoms with van der Waals surface area (Å²) in [4.78, 5) is 17.0. The lowest BCUT2D eigenvalue weighted by molar-refractivity contribution is -0.119. The molecule has 1 unspecified atom stereocenters. The molecule has 0 aliphatic heterocycles. The number of nitrogens with zero attached hydrogens (tertiary/aromatic N) is 3. The Labute approximate surface area is 171 Å². The summed E-state index contributed by atoms with van der Waals surface area (Å²) in [7, 11) is -3.36. The van der Waals surface area contributed by atoms with Crippen LogP contribution in [0.25, 0.3) is 10.2 Å². The van der Waals surface area contributed by atoms with Crippen molar-refractivity contribution < 1.29 is 22.0 Å². The first kappa shape index (κ1) is 20.8. The fourth-order valence-electron chi connectivity index (χ4n) is 2.55. The van der Waals surface area contributed by atoms with E-state index in [0.29, 0.717) is 15.9 Å². The van der Waals surface area contributed by atoms with Crippen molar-refractivity contribution in [1.82, 2.24) is 14.8 Å². The number of rotatable bonds is 5. The quantitative estimate of drug-likeness (QED) is 0.578. The molecule has 150 valence electrons. The standard InChI is InChI=1S/C16H15BrF2N4O3S2/c1-7-12(17)13(14(18)19)22-23(7)8(2)15(24)21-16-20-10-5-4-9(28(3,25)26)6-11(10)27-16/h4-6,8,14H,1-3H3,(H,20,21,24). The van der Waals surface area contributed by atoms with Crippen LogP contribution in [0.15, 0.2) is 27.6 Å². The number of amides is 1. The Morgan fingerprint density at radius 1 is 1.36 bits per heavy atom. The van der Waals surface area contributed by atoms with Gasteiger partial charge in [-0.2, -0.15) is 5.10 Å². The Morgan fingerprint density at radius 3 is 2.61 bits per heavy atom. The van der Waals surface area contributed by atoms with Gasteiger partial charge in [-0.25, -0.2) is 22.2 Å². The molecule has 1 aromatic carbocycles. The number of aromatic nitrogens is 3. The van der Waals surface area contributed by atoms with E-state index in [4.69, 9.17) is 0 Å². The van der Waals surface area contributed by atoms with E-state index in [-0.39, 0.29) is 14.5 Å². The van der Waals surface area contributed by atoms with Crippen LogP contribution in [0.4, 0.5) is 13.9 Å². The first-order valence-corrected chi connectivity index (χ1v) is 11.4. The second-order valence-electron chi connectivity index (χ2n) is 6.12. The molecule has 7 nitrogen and oxygen atoms in total. The first-order valence-electron chi connectivity index (χ1n) is 7.93. The Kier molecular flexibility index (Phi) is 5.56. The molecule has 0 saturated carbocycles. The third-order valence-corrected chi connectivity index (χ3v) is 7.10. The highest BCUT2D eigenvalue weighted by atomic mass is 79.9. The van der Waals surface area contributed by atoms with Gasteiger partial charge in [-0.15, -0.1) is 0 Å². The zero-order valence-electron chi connectivity index (χ0n) is 14.9. The summed E-state index contributed by atoms with van der Waals surface area (Å²) in [6.07, 6.45) is -1.66. The maximum atomic E-state index is 13.0. The summed E-state index contributed by atoms with van der Waals surface area (Å²) in [5.74, 6) is -0.485. The van der Waals surface area contributed by atoms with Gasteiger partial charge in [0.25, 0.3) is 12.3 Å². The maximum absolute atomic E-state index is 13.0. The van der Waals surface area contributed by atoms with Gasteiger partial charge in [-0.1, -0.05) is 11.3 Å². The number of benzene rings is 1. The van der Waals surface area contributed by atoms with Crippen molar-refractivity contribution in [2.75, 3.05) is 11.6 Å². The molecule has 3 aromatic rings. The molecular weight excluding hydrogens is 478 g/mol. The molecule has 0 aliphatic rings. The van der Waals surface area contributed by atoms with Crippen LogP contribution in [0, 0.1) is 6.92 Å². The third kappa shape index (κ3) is 3.94. The molecule has 28 heavy (non-hydrogen) atoms. The van der Waals surface area contributed by atoms with Gasteiger partial charge in [0.15, 0.2) is 15.0 Å². The SMILES string of the molecule is Cc1c(Br)c(C(F)F)nn1C(C)C(=O)Nc1nc2ccc(S(C)(=O)=O)cc2s1.